The molecule has 0 aliphatic carbocycles. The lowest BCUT2D eigenvalue weighted by Gasteiger charge is -2.11. The molecule has 0 spiro atoms. The molecule has 7 nitrogen and oxygen atoms in total. The van der Waals surface area contributed by atoms with Gasteiger partial charge in [0, 0.05) is 23.9 Å². The largest absolute Gasteiger partial charge is 0.872 e. The highest BCUT2D eigenvalue weighted by molar-refractivity contribution is 5.84. The molecule has 0 amide bonds. The first-order valence-electron chi connectivity index (χ1n) is 6.92. The van der Waals surface area contributed by atoms with Crippen molar-refractivity contribution in [3.63, 3.8) is 0 Å². The molecule has 0 aromatic heterocycles. The minimum atomic E-state index is -0.565. The van der Waals surface area contributed by atoms with Crippen LogP contribution in [0.25, 0.3) is 0 Å². The van der Waals surface area contributed by atoms with Gasteiger partial charge < -0.3 is 14.9 Å². The summed E-state index contributed by atoms with van der Waals surface area (Å²) in [4.78, 5) is 14.2. The fraction of sp³-hybridized carbons (Fsp3) is 0.188. The first-order chi connectivity index (χ1) is 11.0. The molecule has 2 aromatic rings. The summed E-state index contributed by atoms with van der Waals surface area (Å²) in [6, 6.07) is 8.50. The van der Waals surface area contributed by atoms with E-state index in [1.165, 1.54) is 12.3 Å². The predicted octanol–water partition coefficient (Wildman–Crippen LogP) is 2.39. The zero-order chi connectivity index (χ0) is 16.8. The summed E-state index contributed by atoms with van der Waals surface area (Å²) in [6.07, 6.45) is 1.40. The van der Waals surface area contributed by atoms with Crippen molar-refractivity contribution < 1.29 is 19.9 Å². The van der Waals surface area contributed by atoms with Gasteiger partial charge in [0.15, 0.2) is 11.5 Å². The number of nitrogens with zero attached hydrogens (tertiary/aromatic N) is 2. The third kappa shape index (κ3) is 3.97. The minimum Gasteiger partial charge on any atom is -0.872 e. The Morgan fingerprint density at radius 1 is 1.35 bits per heavy atom. The monoisotopic (exact) mass is 315 g/mol. The third-order valence-electron chi connectivity index (χ3n) is 3.08. The van der Waals surface area contributed by atoms with E-state index in [9.17, 15) is 20.3 Å². The second-order valence-corrected chi connectivity index (χ2v) is 4.65. The van der Waals surface area contributed by atoms with E-state index in [1.807, 2.05) is 0 Å². The van der Waals surface area contributed by atoms with Crippen LogP contribution in [-0.4, -0.2) is 22.9 Å². The van der Waals surface area contributed by atoms with E-state index in [2.05, 4.69) is 4.99 Å². The summed E-state index contributed by atoms with van der Waals surface area (Å²) >= 11 is 0. The summed E-state index contributed by atoms with van der Waals surface area (Å²) < 4.78 is 5.27. The molecule has 0 heterocycles. The highest BCUT2D eigenvalue weighted by Gasteiger charge is 2.07. The second-order valence-electron chi connectivity index (χ2n) is 4.65. The molecule has 0 saturated heterocycles. The van der Waals surface area contributed by atoms with Crippen LogP contribution in [0.15, 0.2) is 41.4 Å². The maximum atomic E-state index is 11.7. The van der Waals surface area contributed by atoms with Gasteiger partial charge in [-0.15, -0.1) is 5.75 Å². The van der Waals surface area contributed by atoms with Crippen molar-refractivity contribution in [1.82, 2.24) is 0 Å². The summed E-state index contributed by atoms with van der Waals surface area (Å²) in [5.41, 5.74) is 0.501. The number of nitro benzene ring substituents is 1. The van der Waals surface area contributed by atoms with Crippen molar-refractivity contribution in [2.75, 3.05) is 6.61 Å². The SMILES string of the molecule is CCOc1cccc(C=NCc2cc([N+](=O)[O-])ccc2[O-])c1O. The molecule has 0 bridgehead atoms. The number of nitro groups is 1. The summed E-state index contributed by atoms with van der Waals surface area (Å²) in [5, 5.41) is 32.4. The Hall–Kier alpha value is -3.09. The molecular weight excluding hydrogens is 300 g/mol. The van der Waals surface area contributed by atoms with Crippen LogP contribution in [0.5, 0.6) is 17.2 Å². The van der Waals surface area contributed by atoms with E-state index in [0.29, 0.717) is 17.9 Å². The number of aliphatic imine (C=N–C) groups is 1. The molecular formula is C16H15N2O5-. The van der Waals surface area contributed by atoms with Crippen LogP contribution in [0.1, 0.15) is 18.1 Å². The Morgan fingerprint density at radius 2 is 2.13 bits per heavy atom. The number of aromatic hydroxyl groups is 1. The molecule has 120 valence electrons. The lowest BCUT2D eigenvalue weighted by molar-refractivity contribution is -0.385. The second kappa shape index (κ2) is 7.26. The van der Waals surface area contributed by atoms with Crippen LogP contribution in [-0.2, 0) is 6.54 Å². The summed E-state index contributed by atoms with van der Waals surface area (Å²) in [5.74, 6) is -0.0177. The van der Waals surface area contributed by atoms with Crippen LogP contribution < -0.4 is 9.84 Å². The van der Waals surface area contributed by atoms with E-state index in [0.717, 1.165) is 12.1 Å². The Bertz CT molecular complexity index is 743. The highest BCUT2D eigenvalue weighted by atomic mass is 16.6. The van der Waals surface area contributed by atoms with Crippen molar-refractivity contribution in [3.8, 4) is 17.2 Å². The number of phenols is 1. The van der Waals surface area contributed by atoms with Gasteiger partial charge in [-0.25, -0.2) is 0 Å². The maximum Gasteiger partial charge on any atom is 0.269 e. The zero-order valence-corrected chi connectivity index (χ0v) is 12.4. The van der Waals surface area contributed by atoms with Crippen molar-refractivity contribution in [2.24, 2.45) is 4.99 Å². The number of phenolic OH excluding ortho intramolecular Hbond substituents is 1. The third-order valence-corrected chi connectivity index (χ3v) is 3.08. The molecule has 7 heteroatoms. The molecule has 0 saturated carbocycles. The van der Waals surface area contributed by atoms with Crippen molar-refractivity contribution >= 4 is 11.9 Å². The molecule has 2 rings (SSSR count). The number of hydrogen-bond acceptors (Lipinski definition) is 6. The quantitative estimate of drug-likeness (QED) is 0.500. The Morgan fingerprint density at radius 3 is 2.83 bits per heavy atom. The average molecular weight is 315 g/mol. The standard InChI is InChI=1S/C16H16N2O5/c1-2-23-15-5-3-4-11(16(15)20)9-17-10-12-8-13(18(21)22)6-7-14(12)19/h3-9,19-20H,2,10H2,1H3/p-1. The molecule has 0 aliphatic heterocycles. The lowest BCUT2D eigenvalue weighted by Crippen LogP contribution is -1.98. The van der Waals surface area contributed by atoms with Crippen molar-refractivity contribution in [2.45, 2.75) is 13.5 Å². The Kier molecular flexibility index (Phi) is 5.14. The Labute approximate surface area is 132 Å². The van der Waals surface area contributed by atoms with Gasteiger partial charge in [-0.1, -0.05) is 12.1 Å². The first kappa shape index (κ1) is 16.3. The topological polar surface area (TPSA) is 108 Å². The predicted molar refractivity (Wildman–Crippen MR) is 83.1 cm³/mol. The number of ether oxygens (including phenoxy) is 1. The van der Waals surface area contributed by atoms with Gasteiger partial charge in [-0.05, 0) is 24.6 Å². The number of hydrogen-bond donors (Lipinski definition) is 1. The summed E-state index contributed by atoms with van der Waals surface area (Å²) in [6.45, 7) is 2.21. The van der Waals surface area contributed by atoms with Crippen LogP contribution in [0, 0.1) is 10.1 Å². The van der Waals surface area contributed by atoms with E-state index in [1.54, 1.807) is 25.1 Å². The van der Waals surface area contributed by atoms with Crippen LogP contribution in [0.4, 0.5) is 5.69 Å². The molecule has 0 radical (unpaired) electrons. The van der Waals surface area contributed by atoms with Crippen LogP contribution in [0.2, 0.25) is 0 Å². The number of benzene rings is 2. The maximum absolute atomic E-state index is 11.7. The molecule has 2 aromatic carbocycles. The fourth-order valence-corrected chi connectivity index (χ4v) is 1.96. The van der Waals surface area contributed by atoms with E-state index in [-0.39, 0.29) is 29.3 Å². The zero-order valence-electron chi connectivity index (χ0n) is 12.4. The van der Waals surface area contributed by atoms with Gasteiger partial charge in [0.05, 0.1) is 18.1 Å². The van der Waals surface area contributed by atoms with Crippen LogP contribution in [0.3, 0.4) is 0 Å². The minimum absolute atomic E-state index is 0.0151. The smallest absolute Gasteiger partial charge is 0.269 e. The van der Waals surface area contributed by atoms with Gasteiger partial charge in [0.2, 0.25) is 0 Å². The van der Waals surface area contributed by atoms with Gasteiger partial charge in [0.25, 0.3) is 5.69 Å². The molecule has 0 atom stereocenters. The Balaban J connectivity index is 2.18. The molecule has 0 unspecified atom stereocenters. The highest BCUT2D eigenvalue weighted by Crippen LogP contribution is 2.28. The lowest BCUT2D eigenvalue weighted by atomic mass is 10.1. The van der Waals surface area contributed by atoms with E-state index < -0.39 is 4.92 Å². The molecule has 0 aliphatic rings. The normalized spacial score (nSPS) is 10.8. The summed E-state index contributed by atoms with van der Waals surface area (Å²) in [7, 11) is 0. The van der Waals surface area contributed by atoms with E-state index >= 15 is 0 Å². The number of para-hydroxylation sites is 1. The van der Waals surface area contributed by atoms with Crippen molar-refractivity contribution in [1.29, 1.82) is 0 Å². The van der Waals surface area contributed by atoms with Gasteiger partial charge in [0.1, 0.15) is 0 Å². The fourth-order valence-electron chi connectivity index (χ4n) is 1.96. The average Bonchev–Trinajstić information content (AvgIpc) is 2.52. The number of rotatable bonds is 6. The van der Waals surface area contributed by atoms with Gasteiger partial charge in [-0.2, -0.15) is 0 Å². The molecule has 23 heavy (non-hydrogen) atoms. The molecule has 1 N–H and O–H groups in total. The number of non-ortho nitro benzene ring substituents is 1. The van der Waals surface area contributed by atoms with Gasteiger partial charge >= 0.3 is 0 Å². The van der Waals surface area contributed by atoms with E-state index in [4.69, 9.17) is 4.74 Å². The molecule has 0 fully saturated rings. The first-order valence-corrected chi connectivity index (χ1v) is 6.92. The van der Waals surface area contributed by atoms with Crippen LogP contribution >= 0.6 is 0 Å². The van der Waals surface area contributed by atoms with Crippen molar-refractivity contribution in [3.05, 3.63) is 57.6 Å². The van der Waals surface area contributed by atoms with Gasteiger partial charge in [-0.3, -0.25) is 15.1 Å².